The van der Waals surface area contributed by atoms with Gasteiger partial charge in [-0.15, -0.1) is 0 Å². The molecule has 0 radical (unpaired) electrons. The summed E-state index contributed by atoms with van der Waals surface area (Å²) in [6.07, 6.45) is -2.91. The lowest BCUT2D eigenvalue weighted by atomic mass is 10.1. The van der Waals surface area contributed by atoms with Gasteiger partial charge in [-0.3, -0.25) is 5.10 Å². The van der Waals surface area contributed by atoms with Gasteiger partial charge in [0, 0.05) is 18.7 Å². The van der Waals surface area contributed by atoms with Crippen LogP contribution in [0.15, 0.2) is 6.20 Å². The first kappa shape index (κ1) is 17.0. The normalized spacial score (nSPS) is 12.8. The monoisotopic (exact) mass is 313 g/mol. The number of hydrogen-bond acceptors (Lipinski definition) is 3. The minimum Gasteiger partial charge on any atom is -0.283 e. The van der Waals surface area contributed by atoms with Gasteiger partial charge in [-0.05, 0) is 31.7 Å². The van der Waals surface area contributed by atoms with Crippen LogP contribution in [0.4, 0.5) is 13.2 Å². The Kier molecular flexibility index (Phi) is 6.00. The maximum Gasteiger partial charge on any atom is 0.389 e. The number of nitrogens with zero attached hydrogens (tertiary/aromatic N) is 1. The van der Waals surface area contributed by atoms with Gasteiger partial charge in [-0.25, -0.2) is 13.1 Å². The molecule has 0 fully saturated rings. The molecule has 0 aliphatic carbocycles. The third-order valence-electron chi connectivity index (χ3n) is 2.75. The molecule has 0 spiro atoms. The summed E-state index contributed by atoms with van der Waals surface area (Å²) < 4.78 is 60.9. The molecule has 0 amide bonds. The van der Waals surface area contributed by atoms with Gasteiger partial charge < -0.3 is 0 Å². The van der Waals surface area contributed by atoms with Gasteiger partial charge in [0.1, 0.15) is 0 Å². The van der Waals surface area contributed by atoms with Gasteiger partial charge in [0.25, 0.3) is 0 Å². The number of H-pyrrole nitrogens is 1. The third kappa shape index (κ3) is 6.90. The molecule has 20 heavy (non-hydrogen) atoms. The first-order chi connectivity index (χ1) is 9.20. The number of sulfonamides is 1. The summed E-state index contributed by atoms with van der Waals surface area (Å²) in [5.74, 6) is -0.503. The lowest BCUT2D eigenvalue weighted by molar-refractivity contribution is -0.134. The second-order valence-electron chi connectivity index (χ2n) is 4.56. The first-order valence-electron chi connectivity index (χ1n) is 6.22. The van der Waals surface area contributed by atoms with Crippen molar-refractivity contribution in [1.82, 2.24) is 14.9 Å². The van der Waals surface area contributed by atoms with E-state index in [-0.39, 0.29) is 6.54 Å². The number of aromatic nitrogens is 2. The zero-order valence-corrected chi connectivity index (χ0v) is 11.9. The molecule has 0 aliphatic heterocycles. The van der Waals surface area contributed by atoms with Crippen LogP contribution < -0.4 is 4.72 Å². The predicted octanol–water partition coefficient (Wildman–Crippen LogP) is 1.91. The predicted molar refractivity (Wildman–Crippen MR) is 68.7 cm³/mol. The molecule has 0 atom stereocenters. The summed E-state index contributed by atoms with van der Waals surface area (Å²) in [6, 6.07) is 0. The average molecular weight is 313 g/mol. The van der Waals surface area contributed by atoms with E-state index in [9.17, 15) is 21.6 Å². The van der Waals surface area contributed by atoms with Crippen LogP contribution in [0.3, 0.4) is 0 Å². The largest absolute Gasteiger partial charge is 0.389 e. The Balaban J connectivity index is 2.21. The average Bonchev–Trinajstić information content (AvgIpc) is 2.68. The lowest BCUT2D eigenvalue weighted by Crippen LogP contribution is -2.28. The van der Waals surface area contributed by atoms with Crippen LogP contribution >= 0.6 is 0 Å². The molecule has 1 rings (SSSR count). The number of aromatic amines is 1. The molecule has 1 aromatic heterocycles. The van der Waals surface area contributed by atoms with Crippen molar-refractivity contribution >= 4 is 10.0 Å². The Labute approximate surface area is 116 Å². The fourth-order valence-electron chi connectivity index (χ4n) is 1.67. The highest BCUT2D eigenvalue weighted by molar-refractivity contribution is 7.89. The standard InChI is InChI=1S/C11H18F3N3O2S/c1-9-10(8-15-17-9)4-2-6-16-20(18,19)7-3-5-11(12,13)14/h8,16H,2-7H2,1H3,(H,15,17). The van der Waals surface area contributed by atoms with Gasteiger partial charge in [-0.2, -0.15) is 18.3 Å². The molecule has 0 saturated heterocycles. The van der Waals surface area contributed by atoms with E-state index < -0.39 is 34.8 Å². The van der Waals surface area contributed by atoms with E-state index in [4.69, 9.17) is 0 Å². The van der Waals surface area contributed by atoms with E-state index in [1.54, 1.807) is 6.20 Å². The Bertz CT molecular complexity index is 511. The van der Waals surface area contributed by atoms with Gasteiger partial charge in [0.2, 0.25) is 10.0 Å². The van der Waals surface area contributed by atoms with Gasteiger partial charge in [-0.1, -0.05) is 0 Å². The highest BCUT2D eigenvalue weighted by Crippen LogP contribution is 2.21. The number of alkyl halides is 3. The fourth-order valence-corrected chi connectivity index (χ4v) is 2.79. The van der Waals surface area contributed by atoms with E-state index in [2.05, 4.69) is 14.9 Å². The zero-order valence-electron chi connectivity index (χ0n) is 11.1. The van der Waals surface area contributed by atoms with Gasteiger partial charge >= 0.3 is 6.18 Å². The maximum atomic E-state index is 11.9. The Morgan fingerprint density at radius 1 is 1.35 bits per heavy atom. The number of aryl methyl sites for hydroxylation is 2. The van der Waals surface area contributed by atoms with Gasteiger partial charge in [0.15, 0.2) is 0 Å². The van der Waals surface area contributed by atoms with Crippen molar-refractivity contribution in [1.29, 1.82) is 0 Å². The van der Waals surface area contributed by atoms with Crippen LogP contribution in [-0.4, -0.2) is 37.1 Å². The first-order valence-corrected chi connectivity index (χ1v) is 7.88. The molecule has 2 N–H and O–H groups in total. The van der Waals surface area contributed by atoms with E-state index in [1.807, 2.05) is 6.92 Å². The molecule has 0 bridgehead atoms. The van der Waals surface area contributed by atoms with E-state index in [0.29, 0.717) is 12.8 Å². The van der Waals surface area contributed by atoms with Crippen LogP contribution in [0.5, 0.6) is 0 Å². The summed E-state index contributed by atoms with van der Waals surface area (Å²) in [5.41, 5.74) is 1.93. The van der Waals surface area contributed by atoms with Crippen molar-refractivity contribution in [2.24, 2.45) is 0 Å². The highest BCUT2D eigenvalue weighted by Gasteiger charge is 2.27. The quantitative estimate of drug-likeness (QED) is 0.720. The summed E-state index contributed by atoms with van der Waals surface area (Å²) in [7, 11) is -3.63. The Morgan fingerprint density at radius 2 is 2.05 bits per heavy atom. The molecular weight excluding hydrogens is 295 g/mol. The second kappa shape index (κ2) is 7.07. The van der Waals surface area contributed by atoms with Crippen molar-refractivity contribution in [3.63, 3.8) is 0 Å². The number of nitrogens with one attached hydrogen (secondary N) is 2. The van der Waals surface area contributed by atoms with Crippen molar-refractivity contribution in [2.75, 3.05) is 12.3 Å². The van der Waals surface area contributed by atoms with Crippen molar-refractivity contribution in [3.8, 4) is 0 Å². The van der Waals surface area contributed by atoms with E-state index in [1.165, 1.54) is 0 Å². The Hall–Kier alpha value is -1.09. The van der Waals surface area contributed by atoms with Crippen LogP contribution in [0, 0.1) is 6.92 Å². The summed E-state index contributed by atoms with van der Waals surface area (Å²) in [4.78, 5) is 0. The molecule has 116 valence electrons. The third-order valence-corrected chi connectivity index (χ3v) is 4.22. The van der Waals surface area contributed by atoms with Crippen molar-refractivity contribution < 1.29 is 21.6 Å². The molecule has 5 nitrogen and oxygen atoms in total. The van der Waals surface area contributed by atoms with E-state index in [0.717, 1.165) is 11.3 Å². The summed E-state index contributed by atoms with van der Waals surface area (Å²) >= 11 is 0. The van der Waals surface area contributed by atoms with Crippen LogP contribution in [0.1, 0.15) is 30.5 Å². The Morgan fingerprint density at radius 3 is 2.60 bits per heavy atom. The zero-order chi connectivity index (χ0) is 15.2. The molecule has 0 unspecified atom stereocenters. The lowest BCUT2D eigenvalue weighted by Gasteiger charge is -2.08. The van der Waals surface area contributed by atoms with Crippen LogP contribution in [0.2, 0.25) is 0 Å². The van der Waals surface area contributed by atoms with Crippen LogP contribution in [-0.2, 0) is 16.4 Å². The van der Waals surface area contributed by atoms with Crippen LogP contribution in [0.25, 0.3) is 0 Å². The number of rotatable bonds is 8. The topological polar surface area (TPSA) is 74.8 Å². The molecule has 1 aromatic rings. The fraction of sp³-hybridized carbons (Fsp3) is 0.727. The molecule has 0 saturated carbocycles. The smallest absolute Gasteiger partial charge is 0.283 e. The van der Waals surface area contributed by atoms with E-state index >= 15 is 0 Å². The molecule has 9 heteroatoms. The summed E-state index contributed by atoms with van der Waals surface area (Å²) in [5, 5.41) is 6.62. The second-order valence-corrected chi connectivity index (χ2v) is 6.48. The van der Waals surface area contributed by atoms with Crippen molar-refractivity contribution in [2.45, 2.75) is 38.8 Å². The molecule has 1 heterocycles. The highest BCUT2D eigenvalue weighted by atomic mass is 32.2. The summed E-state index contributed by atoms with van der Waals surface area (Å²) in [6.45, 7) is 2.07. The number of halogens is 3. The minimum atomic E-state index is -4.31. The molecule has 0 aliphatic rings. The molecule has 0 aromatic carbocycles. The minimum absolute atomic E-state index is 0.207. The molecular formula is C11H18F3N3O2S. The number of hydrogen-bond donors (Lipinski definition) is 2. The maximum absolute atomic E-state index is 11.9. The van der Waals surface area contributed by atoms with Gasteiger partial charge in [0.05, 0.1) is 11.9 Å². The SMILES string of the molecule is Cc1[nH]ncc1CCCNS(=O)(=O)CCCC(F)(F)F. The van der Waals surface area contributed by atoms with Crippen molar-refractivity contribution in [3.05, 3.63) is 17.5 Å².